The summed E-state index contributed by atoms with van der Waals surface area (Å²) >= 11 is 0. The van der Waals surface area contributed by atoms with Crippen molar-refractivity contribution in [1.82, 2.24) is 0 Å². The van der Waals surface area contributed by atoms with Crippen LogP contribution in [0.25, 0.3) is 0 Å². The Kier molecular flexibility index (Phi) is 10.7. The molecule has 0 spiro atoms. The highest BCUT2D eigenvalue weighted by atomic mass is 16.5. The number of ether oxygens (including phenoxy) is 1. The van der Waals surface area contributed by atoms with Gasteiger partial charge in [-0.25, -0.2) is 0 Å². The molecule has 4 unspecified atom stereocenters. The average Bonchev–Trinajstić information content (AvgIpc) is 2.83. The van der Waals surface area contributed by atoms with Crippen LogP contribution in [0.15, 0.2) is 42.0 Å². The maximum Gasteiger partial charge on any atom is 0.306 e. The van der Waals surface area contributed by atoms with Gasteiger partial charge in [-0.15, -0.1) is 0 Å². The minimum absolute atomic E-state index is 0.0937. The summed E-state index contributed by atoms with van der Waals surface area (Å²) in [6.45, 7) is 2.18. The van der Waals surface area contributed by atoms with E-state index < -0.39 is 0 Å². The number of carbonyl (C=O) groups is 2. The fourth-order valence-corrected chi connectivity index (χ4v) is 6.03. The van der Waals surface area contributed by atoms with Crippen molar-refractivity contribution < 1.29 is 19.4 Å². The molecule has 33 heavy (non-hydrogen) atoms. The first kappa shape index (κ1) is 25.7. The van der Waals surface area contributed by atoms with Crippen molar-refractivity contribution in [3.63, 3.8) is 0 Å². The van der Waals surface area contributed by atoms with Crippen LogP contribution >= 0.6 is 0 Å². The summed E-state index contributed by atoms with van der Waals surface area (Å²) in [4.78, 5) is 24.5. The molecule has 0 amide bonds. The number of hydrogen-bond acceptors (Lipinski definition) is 4. The summed E-state index contributed by atoms with van der Waals surface area (Å²) in [7, 11) is 0. The molecule has 4 atom stereocenters. The molecule has 2 saturated carbocycles. The van der Waals surface area contributed by atoms with E-state index in [4.69, 9.17) is 4.74 Å². The van der Waals surface area contributed by atoms with Crippen LogP contribution in [0, 0.1) is 17.8 Å². The number of esters is 1. The van der Waals surface area contributed by atoms with E-state index >= 15 is 0 Å². The summed E-state index contributed by atoms with van der Waals surface area (Å²) in [6, 6.07) is 10.0. The predicted octanol–water partition coefficient (Wildman–Crippen LogP) is 6.21. The third-order valence-electron chi connectivity index (χ3n) is 7.64. The van der Waals surface area contributed by atoms with Crippen molar-refractivity contribution in [3.05, 3.63) is 47.5 Å². The zero-order valence-electron chi connectivity index (χ0n) is 20.3. The molecule has 2 aliphatic carbocycles. The lowest BCUT2D eigenvalue weighted by Crippen LogP contribution is -2.37. The summed E-state index contributed by atoms with van der Waals surface area (Å²) < 4.78 is 5.06. The van der Waals surface area contributed by atoms with Crippen LogP contribution in [0.1, 0.15) is 89.5 Å². The largest absolute Gasteiger partial charge is 0.466 e. The van der Waals surface area contributed by atoms with Crippen molar-refractivity contribution in [2.24, 2.45) is 17.8 Å². The molecule has 0 saturated heterocycles. The van der Waals surface area contributed by atoms with Gasteiger partial charge in [0.05, 0.1) is 12.7 Å². The van der Waals surface area contributed by atoms with Crippen LogP contribution in [0.5, 0.6) is 0 Å². The molecule has 182 valence electrons. The maximum atomic E-state index is 12.7. The number of allylic oxidation sites excluding steroid dienone is 2. The molecule has 4 nitrogen and oxygen atoms in total. The number of aliphatic hydroxyl groups excluding tert-OH is 1. The Bertz CT molecular complexity index is 767. The van der Waals surface area contributed by atoms with Gasteiger partial charge in [0.15, 0.2) is 5.78 Å². The normalized spacial score (nSPS) is 24.1. The summed E-state index contributed by atoms with van der Waals surface area (Å²) in [6.07, 6.45) is 13.8. The molecule has 3 rings (SSSR count). The molecule has 0 aliphatic heterocycles. The quantitative estimate of drug-likeness (QED) is 0.301. The zero-order chi connectivity index (χ0) is 23.5. The van der Waals surface area contributed by atoms with Crippen molar-refractivity contribution in [1.29, 1.82) is 0 Å². The number of fused-ring (bicyclic) bond motifs is 1. The van der Waals surface area contributed by atoms with E-state index in [0.717, 1.165) is 29.9 Å². The van der Waals surface area contributed by atoms with Gasteiger partial charge >= 0.3 is 5.97 Å². The Morgan fingerprint density at radius 3 is 2.58 bits per heavy atom. The van der Waals surface area contributed by atoms with Gasteiger partial charge in [0.1, 0.15) is 0 Å². The van der Waals surface area contributed by atoms with Gasteiger partial charge < -0.3 is 9.84 Å². The summed E-state index contributed by atoms with van der Waals surface area (Å²) in [5.41, 5.74) is 2.10. The third-order valence-corrected chi connectivity index (χ3v) is 7.64. The predicted molar refractivity (Wildman–Crippen MR) is 132 cm³/mol. The van der Waals surface area contributed by atoms with E-state index in [1.807, 2.05) is 30.3 Å². The van der Waals surface area contributed by atoms with Crippen LogP contribution in [0.2, 0.25) is 0 Å². The molecule has 2 aliphatic rings. The highest BCUT2D eigenvalue weighted by Gasteiger charge is 2.37. The molecule has 1 N–H and O–H groups in total. The van der Waals surface area contributed by atoms with Crippen molar-refractivity contribution in [2.75, 3.05) is 6.61 Å². The number of rotatable bonds is 12. The standard InChI is InChI=1S/C29H42O4/c1-2-33-29(32)19-18-23(20-22-10-4-3-5-11-22)21-25(30)14-9-17-28(31)27-16-8-13-24-12-6-7-15-26(24)27/h3-5,10-11,21,24,26-28,31H,2,6-9,12-20H2,1H3/b23-21+. The number of carbonyl (C=O) groups excluding carboxylic acids is 2. The van der Waals surface area contributed by atoms with Crippen molar-refractivity contribution >= 4 is 11.8 Å². The molecular formula is C29H42O4. The molecular weight excluding hydrogens is 412 g/mol. The molecule has 1 aromatic rings. The van der Waals surface area contributed by atoms with Crippen LogP contribution in [-0.4, -0.2) is 29.6 Å². The molecule has 4 heteroatoms. The monoisotopic (exact) mass is 454 g/mol. The SMILES string of the molecule is CCOC(=O)CC/C(=C\C(=O)CCCC(O)C1CCCC2CCCCC21)Cc1ccccc1. The van der Waals surface area contributed by atoms with Crippen LogP contribution < -0.4 is 0 Å². The lowest BCUT2D eigenvalue weighted by Gasteiger charge is -2.43. The van der Waals surface area contributed by atoms with E-state index in [-0.39, 0.29) is 17.9 Å². The van der Waals surface area contributed by atoms with Crippen LogP contribution in [-0.2, 0) is 20.7 Å². The number of hydrogen-bond donors (Lipinski definition) is 1. The number of aliphatic hydroxyl groups is 1. The van der Waals surface area contributed by atoms with Gasteiger partial charge in [0.2, 0.25) is 0 Å². The van der Waals surface area contributed by atoms with E-state index in [1.165, 1.54) is 38.5 Å². The fourth-order valence-electron chi connectivity index (χ4n) is 6.03. The lowest BCUT2D eigenvalue weighted by atomic mass is 9.63. The number of benzene rings is 1. The zero-order valence-corrected chi connectivity index (χ0v) is 20.3. The van der Waals surface area contributed by atoms with Gasteiger partial charge in [-0.1, -0.05) is 68.0 Å². The Labute approximate surface area is 199 Å². The second kappa shape index (κ2) is 13.7. The van der Waals surface area contributed by atoms with Crippen molar-refractivity contribution in [3.8, 4) is 0 Å². The molecule has 1 aromatic carbocycles. The topological polar surface area (TPSA) is 63.6 Å². The second-order valence-corrected chi connectivity index (χ2v) is 10.00. The molecule has 0 heterocycles. The lowest BCUT2D eigenvalue weighted by molar-refractivity contribution is -0.143. The average molecular weight is 455 g/mol. The molecule has 0 bridgehead atoms. The minimum atomic E-state index is -0.278. The number of ketones is 1. The first-order valence-corrected chi connectivity index (χ1v) is 13.2. The fraction of sp³-hybridized carbons (Fsp3) is 0.655. The molecule has 0 aromatic heterocycles. The van der Waals surface area contributed by atoms with Gasteiger partial charge in [0.25, 0.3) is 0 Å². The van der Waals surface area contributed by atoms with E-state index in [9.17, 15) is 14.7 Å². The Hall–Kier alpha value is -1.94. The van der Waals surface area contributed by atoms with Crippen LogP contribution in [0.3, 0.4) is 0 Å². The smallest absolute Gasteiger partial charge is 0.306 e. The first-order chi connectivity index (χ1) is 16.1. The first-order valence-electron chi connectivity index (χ1n) is 13.2. The summed E-state index contributed by atoms with van der Waals surface area (Å²) in [5.74, 6) is 1.81. The highest BCUT2D eigenvalue weighted by Crippen LogP contribution is 2.45. The van der Waals surface area contributed by atoms with Gasteiger partial charge in [0, 0.05) is 12.8 Å². The Balaban J connectivity index is 1.50. The van der Waals surface area contributed by atoms with E-state index in [0.29, 0.717) is 50.5 Å². The molecule has 0 radical (unpaired) electrons. The van der Waals surface area contributed by atoms with E-state index in [1.54, 1.807) is 13.0 Å². The third kappa shape index (κ3) is 8.41. The van der Waals surface area contributed by atoms with Gasteiger partial charge in [-0.2, -0.15) is 0 Å². The minimum Gasteiger partial charge on any atom is -0.466 e. The highest BCUT2D eigenvalue weighted by molar-refractivity contribution is 5.90. The van der Waals surface area contributed by atoms with Crippen LogP contribution in [0.4, 0.5) is 0 Å². The van der Waals surface area contributed by atoms with E-state index in [2.05, 4.69) is 0 Å². The summed E-state index contributed by atoms with van der Waals surface area (Å²) in [5, 5.41) is 10.9. The molecule has 2 fully saturated rings. The van der Waals surface area contributed by atoms with Gasteiger partial charge in [-0.05, 0) is 74.8 Å². The van der Waals surface area contributed by atoms with Crippen molar-refractivity contribution in [2.45, 2.75) is 96.5 Å². The maximum absolute atomic E-state index is 12.7. The Morgan fingerprint density at radius 2 is 1.79 bits per heavy atom. The second-order valence-electron chi connectivity index (χ2n) is 10.00. The van der Waals surface area contributed by atoms with Gasteiger partial charge in [-0.3, -0.25) is 9.59 Å². The Morgan fingerprint density at radius 1 is 1.03 bits per heavy atom.